The summed E-state index contributed by atoms with van der Waals surface area (Å²) in [4.78, 5) is 8.57. The van der Waals surface area contributed by atoms with Crippen molar-refractivity contribution >= 4 is 27.8 Å². The lowest BCUT2D eigenvalue weighted by molar-refractivity contribution is 0.123. The number of hydrogen-bond donors (Lipinski definition) is 2. The van der Waals surface area contributed by atoms with Crippen molar-refractivity contribution in [2.75, 3.05) is 5.73 Å². The summed E-state index contributed by atoms with van der Waals surface area (Å²) < 4.78 is 0.757. The fourth-order valence-corrected chi connectivity index (χ4v) is 2.31. The number of aliphatic imine (C=N–C) groups is 1. The molecule has 0 atom stereocenters. The molecule has 0 saturated heterocycles. The second-order valence-corrected chi connectivity index (χ2v) is 5.19. The Morgan fingerprint density at radius 1 is 1.41 bits per heavy atom. The lowest BCUT2D eigenvalue weighted by Gasteiger charge is -2.22. The molecule has 0 aliphatic heterocycles. The summed E-state index contributed by atoms with van der Waals surface area (Å²) in [6.45, 7) is 0. The molecule has 2 rings (SSSR count). The normalized spacial score (nSPS) is 25.3. The van der Waals surface area contributed by atoms with E-state index in [-0.39, 0.29) is 6.10 Å². The summed E-state index contributed by atoms with van der Waals surface area (Å²) >= 11 is 3.31. The van der Waals surface area contributed by atoms with E-state index in [0.717, 1.165) is 35.8 Å². The fourth-order valence-electron chi connectivity index (χ4n) is 1.96. The Labute approximate surface area is 109 Å². The standard InChI is InChI=1S/C12H16BrN3O/c13-12-5-8(11(14)7-16-12)6-15-9-1-3-10(17)4-2-9/h5-7,9-10,17H,1-4,14H2. The number of nitrogens with zero attached hydrogens (tertiary/aromatic N) is 2. The van der Waals surface area contributed by atoms with Crippen molar-refractivity contribution < 1.29 is 5.11 Å². The molecule has 0 radical (unpaired) electrons. The summed E-state index contributed by atoms with van der Waals surface area (Å²) in [5, 5.41) is 9.41. The van der Waals surface area contributed by atoms with E-state index in [4.69, 9.17) is 5.73 Å². The van der Waals surface area contributed by atoms with Gasteiger partial charge in [0.1, 0.15) is 4.60 Å². The van der Waals surface area contributed by atoms with Gasteiger partial charge in [-0.3, -0.25) is 4.99 Å². The van der Waals surface area contributed by atoms with Gasteiger partial charge in [-0.15, -0.1) is 0 Å². The zero-order valence-electron chi connectivity index (χ0n) is 9.51. The second kappa shape index (κ2) is 5.60. The number of pyridine rings is 1. The van der Waals surface area contributed by atoms with E-state index in [0.29, 0.717) is 11.7 Å². The predicted octanol–water partition coefficient (Wildman–Crippen LogP) is 2.15. The number of nitrogens with two attached hydrogens (primary N) is 1. The van der Waals surface area contributed by atoms with E-state index >= 15 is 0 Å². The minimum Gasteiger partial charge on any atom is -0.397 e. The highest BCUT2D eigenvalue weighted by Gasteiger charge is 2.17. The van der Waals surface area contributed by atoms with Crippen LogP contribution in [0.1, 0.15) is 31.2 Å². The Bertz CT molecular complexity index is 414. The van der Waals surface area contributed by atoms with Crippen LogP contribution < -0.4 is 5.73 Å². The van der Waals surface area contributed by atoms with E-state index in [9.17, 15) is 5.11 Å². The van der Waals surface area contributed by atoms with Gasteiger partial charge in [0, 0.05) is 11.8 Å². The molecule has 0 unspecified atom stereocenters. The van der Waals surface area contributed by atoms with Crippen molar-refractivity contribution in [3.05, 3.63) is 22.4 Å². The molecule has 1 fully saturated rings. The van der Waals surface area contributed by atoms with Crippen molar-refractivity contribution in [1.29, 1.82) is 0 Å². The molecule has 1 heterocycles. The third kappa shape index (κ3) is 3.51. The number of anilines is 1. The van der Waals surface area contributed by atoms with Gasteiger partial charge in [-0.25, -0.2) is 4.98 Å². The summed E-state index contributed by atoms with van der Waals surface area (Å²) in [6, 6.07) is 2.17. The minimum atomic E-state index is -0.137. The second-order valence-electron chi connectivity index (χ2n) is 4.38. The third-order valence-electron chi connectivity index (χ3n) is 3.03. The van der Waals surface area contributed by atoms with Crippen LogP contribution in [0.15, 0.2) is 21.9 Å². The molecular weight excluding hydrogens is 282 g/mol. The van der Waals surface area contributed by atoms with Gasteiger partial charge in [-0.1, -0.05) is 0 Å². The predicted molar refractivity (Wildman–Crippen MR) is 72.2 cm³/mol. The third-order valence-corrected chi connectivity index (χ3v) is 3.46. The molecule has 1 aliphatic carbocycles. The first-order valence-corrected chi connectivity index (χ1v) is 6.56. The number of aliphatic hydroxyl groups excluding tert-OH is 1. The zero-order valence-corrected chi connectivity index (χ0v) is 11.1. The largest absolute Gasteiger partial charge is 0.397 e. The molecule has 0 bridgehead atoms. The van der Waals surface area contributed by atoms with Gasteiger partial charge >= 0.3 is 0 Å². The number of aliphatic hydroxyl groups is 1. The van der Waals surface area contributed by atoms with Gasteiger partial charge in [-0.05, 0) is 47.7 Å². The van der Waals surface area contributed by atoms with Crippen molar-refractivity contribution in [2.45, 2.75) is 37.8 Å². The van der Waals surface area contributed by atoms with E-state index in [1.165, 1.54) is 0 Å². The van der Waals surface area contributed by atoms with Crippen LogP contribution in [0, 0.1) is 0 Å². The van der Waals surface area contributed by atoms with Crippen LogP contribution in [0.5, 0.6) is 0 Å². The highest BCUT2D eigenvalue weighted by molar-refractivity contribution is 9.10. The molecule has 0 spiro atoms. The maximum Gasteiger partial charge on any atom is 0.106 e. The molecule has 3 N–H and O–H groups in total. The monoisotopic (exact) mass is 297 g/mol. The molecule has 4 nitrogen and oxygen atoms in total. The van der Waals surface area contributed by atoms with Crippen LogP contribution in [0.25, 0.3) is 0 Å². The smallest absolute Gasteiger partial charge is 0.106 e. The number of rotatable bonds is 2. The first kappa shape index (κ1) is 12.5. The number of aromatic nitrogens is 1. The Kier molecular flexibility index (Phi) is 4.12. The van der Waals surface area contributed by atoms with Gasteiger partial charge in [0.05, 0.1) is 24.0 Å². The first-order chi connectivity index (χ1) is 8.15. The Balaban J connectivity index is 2.02. The average Bonchev–Trinajstić information content (AvgIpc) is 2.32. The summed E-state index contributed by atoms with van der Waals surface area (Å²) in [5.74, 6) is 0. The summed E-state index contributed by atoms with van der Waals surface area (Å²) in [5.41, 5.74) is 7.33. The molecule has 5 heteroatoms. The maximum absolute atomic E-state index is 9.41. The lowest BCUT2D eigenvalue weighted by atomic mass is 9.93. The van der Waals surface area contributed by atoms with Crippen LogP contribution in [0.4, 0.5) is 5.69 Å². The molecule has 92 valence electrons. The Morgan fingerprint density at radius 3 is 2.82 bits per heavy atom. The highest BCUT2D eigenvalue weighted by Crippen LogP contribution is 2.21. The average molecular weight is 298 g/mol. The molecule has 1 aromatic heterocycles. The van der Waals surface area contributed by atoms with Gasteiger partial charge < -0.3 is 10.8 Å². The summed E-state index contributed by atoms with van der Waals surface area (Å²) in [7, 11) is 0. The Hall–Kier alpha value is -0.940. The Morgan fingerprint density at radius 2 is 2.12 bits per heavy atom. The van der Waals surface area contributed by atoms with E-state index in [2.05, 4.69) is 25.9 Å². The lowest BCUT2D eigenvalue weighted by Crippen LogP contribution is -2.20. The molecule has 1 saturated carbocycles. The van der Waals surface area contributed by atoms with Gasteiger partial charge in [-0.2, -0.15) is 0 Å². The van der Waals surface area contributed by atoms with E-state index < -0.39 is 0 Å². The number of halogens is 1. The van der Waals surface area contributed by atoms with Gasteiger partial charge in [0.25, 0.3) is 0 Å². The van der Waals surface area contributed by atoms with E-state index in [1.807, 2.05) is 12.3 Å². The van der Waals surface area contributed by atoms with Crippen LogP contribution in [0.2, 0.25) is 0 Å². The molecule has 1 aliphatic rings. The van der Waals surface area contributed by atoms with Crippen molar-refractivity contribution in [3.63, 3.8) is 0 Å². The quantitative estimate of drug-likeness (QED) is 0.649. The van der Waals surface area contributed by atoms with Crippen LogP contribution in [-0.2, 0) is 0 Å². The molecule has 1 aromatic rings. The number of hydrogen-bond acceptors (Lipinski definition) is 4. The molecule has 0 aromatic carbocycles. The maximum atomic E-state index is 9.41. The molecule has 17 heavy (non-hydrogen) atoms. The van der Waals surface area contributed by atoms with Gasteiger partial charge in [0.2, 0.25) is 0 Å². The van der Waals surface area contributed by atoms with E-state index in [1.54, 1.807) is 6.20 Å². The molecule has 0 amide bonds. The topological polar surface area (TPSA) is 71.5 Å². The van der Waals surface area contributed by atoms with Crippen molar-refractivity contribution in [1.82, 2.24) is 4.98 Å². The van der Waals surface area contributed by atoms with Crippen LogP contribution in [-0.4, -0.2) is 28.5 Å². The minimum absolute atomic E-state index is 0.137. The fraction of sp³-hybridized carbons (Fsp3) is 0.500. The van der Waals surface area contributed by atoms with Gasteiger partial charge in [0.15, 0.2) is 0 Å². The van der Waals surface area contributed by atoms with Crippen LogP contribution >= 0.6 is 15.9 Å². The summed E-state index contributed by atoms with van der Waals surface area (Å²) in [6.07, 6.45) is 6.88. The highest BCUT2D eigenvalue weighted by atomic mass is 79.9. The first-order valence-electron chi connectivity index (χ1n) is 5.77. The van der Waals surface area contributed by atoms with Crippen molar-refractivity contribution in [3.8, 4) is 0 Å². The SMILES string of the molecule is Nc1cnc(Br)cc1C=NC1CCC(O)CC1. The molecular formula is C12H16BrN3O. The number of nitrogen functional groups attached to an aromatic ring is 1. The zero-order chi connectivity index (χ0) is 12.3. The van der Waals surface area contributed by atoms with Crippen molar-refractivity contribution in [2.24, 2.45) is 4.99 Å². The van der Waals surface area contributed by atoms with Crippen LogP contribution in [0.3, 0.4) is 0 Å².